The molecule has 1 aliphatic heterocycles. The molecule has 1 aromatic carbocycles. The van der Waals surface area contributed by atoms with Gasteiger partial charge in [0.15, 0.2) is 0 Å². The highest BCUT2D eigenvalue weighted by Crippen LogP contribution is 2.38. The Morgan fingerprint density at radius 1 is 1.25 bits per heavy atom. The molecule has 126 valence electrons. The predicted molar refractivity (Wildman–Crippen MR) is 100 cm³/mol. The van der Waals surface area contributed by atoms with Crippen LogP contribution in [0, 0.1) is 13.8 Å². The Balaban J connectivity index is 2.50. The van der Waals surface area contributed by atoms with Crippen LogP contribution in [0.3, 0.4) is 0 Å². The molecule has 1 atom stereocenters. The van der Waals surface area contributed by atoms with E-state index in [1.807, 2.05) is 45.1 Å². The summed E-state index contributed by atoms with van der Waals surface area (Å²) in [6.45, 7) is 17.9. The van der Waals surface area contributed by atoms with Gasteiger partial charge in [-0.25, -0.2) is 4.99 Å². The van der Waals surface area contributed by atoms with E-state index >= 15 is 0 Å². The second-order valence-corrected chi connectivity index (χ2v) is 6.38. The Kier molecular flexibility index (Phi) is 5.07. The van der Waals surface area contributed by atoms with Gasteiger partial charge in [-0.15, -0.1) is 0 Å². The Morgan fingerprint density at radius 3 is 2.50 bits per heavy atom. The molecule has 0 saturated heterocycles. The number of ether oxygens (including phenoxy) is 1. The zero-order valence-electron chi connectivity index (χ0n) is 14.9. The summed E-state index contributed by atoms with van der Waals surface area (Å²) in [5, 5.41) is 11.0. The van der Waals surface area contributed by atoms with Crippen LogP contribution in [-0.4, -0.2) is 24.5 Å². The van der Waals surface area contributed by atoms with E-state index in [0.717, 1.165) is 39.0 Å². The fourth-order valence-electron chi connectivity index (χ4n) is 2.96. The van der Waals surface area contributed by atoms with Gasteiger partial charge >= 0.3 is 0 Å². The van der Waals surface area contributed by atoms with Crippen molar-refractivity contribution in [1.82, 2.24) is 0 Å². The van der Waals surface area contributed by atoms with Gasteiger partial charge in [0.1, 0.15) is 6.61 Å². The summed E-state index contributed by atoms with van der Waals surface area (Å²) >= 11 is 0. The molecule has 0 saturated carbocycles. The molecule has 1 heterocycles. The minimum Gasteiger partial charge on any atom is -0.379 e. The van der Waals surface area contributed by atoms with Gasteiger partial charge in [0.2, 0.25) is 5.72 Å². The standard InChI is InChI=1S/C21H25NO2/c1-13(2)15(4)8-9-16(5)20-18-11-14(3)10-17(6)19(18)21(23,22-20)12-24-7/h8-11,23H,1,4-5,12H2,2-3,6-7H3/b9-8-. The number of methoxy groups -OCH3 is 1. The molecule has 0 amide bonds. The van der Waals surface area contributed by atoms with E-state index < -0.39 is 5.72 Å². The van der Waals surface area contributed by atoms with Crippen LogP contribution in [0.4, 0.5) is 0 Å². The number of hydrogen-bond acceptors (Lipinski definition) is 3. The first-order valence-electron chi connectivity index (χ1n) is 7.85. The van der Waals surface area contributed by atoms with E-state index in [9.17, 15) is 5.11 Å². The molecule has 0 spiro atoms. The summed E-state index contributed by atoms with van der Waals surface area (Å²) in [6.07, 6.45) is 3.72. The molecule has 0 aliphatic carbocycles. The van der Waals surface area contributed by atoms with E-state index in [1.54, 1.807) is 7.11 Å². The second-order valence-electron chi connectivity index (χ2n) is 6.38. The van der Waals surface area contributed by atoms with Crippen molar-refractivity contribution in [1.29, 1.82) is 0 Å². The molecular weight excluding hydrogens is 298 g/mol. The summed E-state index contributed by atoms with van der Waals surface area (Å²) < 4.78 is 5.20. The van der Waals surface area contributed by atoms with Crippen molar-refractivity contribution in [3.05, 3.63) is 83.0 Å². The molecule has 1 unspecified atom stereocenters. The maximum Gasteiger partial charge on any atom is 0.207 e. The van der Waals surface area contributed by atoms with Gasteiger partial charge in [-0.3, -0.25) is 0 Å². The number of benzene rings is 1. The first-order valence-corrected chi connectivity index (χ1v) is 7.85. The molecule has 3 heteroatoms. The molecule has 0 fully saturated rings. The van der Waals surface area contributed by atoms with Crippen LogP contribution in [0.1, 0.15) is 29.2 Å². The predicted octanol–water partition coefficient (Wildman–Crippen LogP) is 4.14. The molecule has 1 aliphatic rings. The van der Waals surface area contributed by atoms with Crippen molar-refractivity contribution in [2.24, 2.45) is 4.99 Å². The fourth-order valence-corrected chi connectivity index (χ4v) is 2.96. The van der Waals surface area contributed by atoms with Crippen LogP contribution < -0.4 is 0 Å². The normalized spacial score (nSPS) is 19.3. The first-order chi connectivity index (χ1) is 11.2. The molecule has 1 N–H and O–H groups in total. The van der Waals surface area contributed by atoms with Crippen LogP contribution in [0.25, 0.3) is 0 Å². The zero-order valence-corrected chi connectivity index (χ0v) is 14.9. The first kappa shape index (κ1) is 18.1. The van der Waals surface area contributed by atoms with Crippen molar-refractivity contribution in [3.63, 3.8) is 0 Å². The summed E-state index contributed by atoms with van der Waals surface area (Å²) in [7, 11) is 1.56. The lowest BCUT2D eigenvalue weighted by Crippen LogP contribution is -2.28. The number of fused-ring (bicyclic) bond motifs is 1. The van der Waals surface area contributed by atoms with Gasteiger partial charge in [-0.1, -0.05) is 49.1 Å². The number of aryl methyl sites for hydroxylation is 2. The van der Waals surface area contributed by atoms with E-state index in [4.69, 9.17) is 4.74 Å². The highest BCUT2D eigenvalue weighted by atomic mass is 16.5. The minimum absolute atomic E-state index is 0.100. The van der Waals surface area contributed by atoms with E-state index in [-0.39, 0.29) is 6.61 Å². The average molecular weight is 323 g/mol. The van der Waals surface area contributed by atoms with Crippen molar-refractivity contribution in [2.75, 3.05) is 13.7 Å². The number of aliphatic hydroxyl groups is 1. The van der Waals surface area contributed by atoms with Crippen LogP contribution in [0.15, 0.2) is 65.7 Å². The van der Waals surface area contributed by atoms with Crippen molar-refractivity contribution >= 4 is 5.71 Å². The van der Waals surface area contributed by atoms with Crippen molar-refractivity contribution in [3.8, 4) is 0 Å². The molecule has 1 aromatic rings. The smallest absolute Gasteiger partial charge is 0.207 e. The highest BCUT2D eigenvalue weighted by molar-refractivity contribution is 6.17. The third-order valence-electron chi connectivity index (χ3n) is 4.12. The summed E-state index contributed by atoms with van der Waals surface area (Å²) in [4.78, 5) is 4.55. The Labute approximate surface area is 144 Å². The number of aliphatic imine (C=N–C) groups is 1. The number of nitrogens with zero attached hydrogens (tertiary/aromatic N) is 1. The number of rotatable bonds is 6. The van der Waals surface area contributed by atoms with Gasteiger partial charge < -0.3 is 9.84 Å². The molecule has 0 aromatic heterocycles. The SMILES string of the molecule is C=C(C)C(=C)/C=C\C(=C)C1=NC(O)(COC)c2c(C)cc(C)cc21. The van der Waals surface area contributed by atoms with Gasteiger partial charge in [0.05, 0.1) is 5.71 Å². The van der Waals surface area contributed by atoms with Crippen molar-refractivity contribution in [2.45, 2.75) is 26.5 Å². The largest absolute Gasteiger partial charge is 0.379 e. The Hall–Kier alpha value is -2.23. The summed E-state index contributed by atoms with van der Waals surface area (Å²) in [5.41, 5.74) is 5.56. The Bertz CT molecular complexity index is 783. The topological polar surface area (TPSA) is 41.8 Å². The number of allylic oxidation sites excluding steroid dienone is 5. The lowest BCUT2D eigenvalue weighted by atomic mass is 9.91. The van der Waals surface area contributed by atoms with Crippen LogP contribution in [0.2, 0.25) is 0 Å². The lowest BCUT2D eigenvalue weighted by molar-refractivity contribution is -0.0264. The van der Waals surface area contributed by atoms with E-state index in [0.29, 0.717) is 5.71 Å². The zero-order chi connectivity index (χ0) is 18.1. The highest BCUT2D eigenvalue weighted by Gasteiger charge is 2.40. The van der Waals surface area contributed by atoms with Gasteiger partial charge in [0, 0.05) is 18.2 Å². The third-order valence-corrected chi connectivity index (χ3v) is 4.12. The molecule has 3 nitrogen and oxygen atoms in total. The van der Waals surface area contributed by atoms with Gasteiger partial charge in [-0.2, -0.15) is 0 Å². The Morgan fingerprint density at radius 2 is 1.92 bits per heavy atom. The molecule has 0 radical (unpaired) electrons. The summed E-state index contributed by atoms with van der Waals surface area (Å²) in [6, 6.07) is 4.07. The van der Waals surface area contributed by atoms with Crippen LogP contribution in [-0.2, 0) is 10.5 Å². The van der Waals surface area contributed by atoms with Crippen LogP contribution in [0.5, 0.6) is 0 Å². The van der Waals surface area contributed by atoms with Crippen molar-refractivity contribution < 1.29 is 9.84 Å². The van der Waals surface area contributed by atoms with E-state index in [1.165, 1.54) is 0 Å². The van der Waals surface area contributed by atoms with Gasteiger partial charge in [0.25, 0.3) is 0 Å². The number of hydrogen-bond donors (Lipinski definition) is 1. The molecule has 0 bridgehead atoms. The monoisotopic (exact) mass is 323 g/mol. The quantitative estimate of drug-likeness (QED) is 0.799. The third kappa shape index (κ3) is 3.32. The maximum absolute atomic E-state index is 11.0. The lowest BCUT2D eigenvalue weighted by Gasteiger charge is -2.22. The minimum atomic E-state index is -1.38. The molecule has 2 rings (SSSR count). The van der Waals surface area contributed by atoms with Gasteiger partial charge in [-0.05, 0) is 43.5 Å². The average Bonchev–Trinajstić information content (AvgIpc) is 2.77. The van der Waals surface area contributed by atoms with E-state index in [2.05, 4.69) is 24.7 Å². The summed E-state index contributed by atoms with van der Waals surface area (Å²) in [5.74, 6) is 0. The maximum atomic E-state index is 11.0. The molecule has 24 heavy (non-hydrogen) atoms. The van der Waals surface area contributed by atoms with Crippen LogP contribution >= 0.6 is 0 Å². The fraction of sp³-hybridized carbons (Fsp3) is 0.286. The molecular formula is C21H25NO2. The second kappa shape index (κ2) is 6.71.